The summed E-state index contributed by atoms with van der Waals surface area (Å²) in [6.07, 6.45) is -4.57. The molecular formula is C9H6F4O2. The third-order valence-corrected chi connectivity index (χ3v) is 1.76. The van der Waals surface area contributed by atoms with Crippen molar-refractivity contribution in [2.75, 3.05) is 7.11 Å². The lowest BCUT2D eigenvalue weighted by molar-refractivity contribution is -0.137. The zero-order chi connectivity index (χ0) is 11.6. The van der Waals surface area contributed by atoms with E-state index in [1.54, 1.807) is 0 Å². The van der Waals surface area contributed by atoms with Gasteiger partial charge in [-0.05, 0) is 12.1 Å². The maximum absolute atomic E-state index is 13.0. The van der Waals surface area contributed by atoms with Gasteiger partial charge in [0.05, 0.1) is 18.2 Å². The van der Waals surface area contributed by atoms with Crippen LogP contribution in [0.25, 0.3) is 0 Å². The first-order valence-electron chi connectivity index (χ1n) is 3.80. The number of benzene rings is 1. The van der Waals surface area contributed by atoms with Crippen molar-refractivity contribution in [1.29, 1.82) is 0 Å². The lowest BCUT2D eigenvalue weighted by Gasteiger charge is -2.10. The second-order valence-electron chi connectivity index (χ2n) is 2.69. The molecule has 0 saturated heterocycles. The molecule has 1 aromatic carbocycles. The number of halogens is 4. The van der Waals surface area contributed by atoms with E-state index in [2.05, 4.69) is 4.74 Å². The zero-order valence-corrected chi connectivity index (χ0v) is 7.56. The second-order valence-corrected chi connectivity index (χ2v) is 2.69. The molecule has 0 heterocycles. The Labute approximate surface area is 82.5 Å². The van der Waals surface area contributed by atoms with Gasteiger partial charge in [0, 0.05) is 0 Å². The number of methoxy groups -OCH3 is 1. The van der Waals surface area contributed by atoms with Crippen LogP contribution in [0, 0.1) is 5.82 Å². The SMILES string of the molecule is COc1cc(C(F)(F)F)cc(F)c1C=O. The highest BCUT2D eigenvalue weighted by molar-refractivity contribution is 5.80. The molecule has 6 heteroatoms. The molecule has 0 bridgehead atoms. The maximum Gasteiger partial charge on any atom is 0.416 e. The minimum absolute atomic E-state index is 0.105. The van der Waals surface area contributed by atoms with Gasteiger partial charge in [0.25, 0.3) is 0 Å². The van der Waals surface area contributed by atoms with Crippen molar-refractivity contribution in [1.82, 2.24) is 0 Å². The summed E-state index contributed by atoms with van der Waals surface area (Å²) in [6, 6.07) is 0.832. The van der Waals surface area contributed by atoms with E-state index in [1.165, 1.54) is 0 Å². The summed E-state index contributed by atoms with van der Waals surface area (Å²) < 4.78 is 54.1. The van der Waals surface area contributed by atoms with Crippen molar-refractivity contribution in [3.8, 4) is 5.75 Å². The monoisotopic (exact) mass is 222 g/mol. The molecule has 0 aliphatic heterocycles. The molecule has 1 rings (SSSR count). The molecule has 0 N–H and O–H groups in total. The average Bonchev–Trinajstić information content (AvgIpc) is 2.15. The summed E-state index contributed by atoms with van der Waals surface area (Å²) in [6.45, 7) is 0. The Kier molecular flexibility index (Phi) is 2.97. The van der Waals surface area contributed by atoms with E-state index in [0.29, 0.717) is 6.07 Å². The van der Waals surface area contributed by atoms with Gasteiger partial charge in [0.1, 0.15) is 11.6 Å². The molecule has 0 radical (unpaired) electrons. The molecule has 0 spiro atoms. The van der Waals surface area contributed by atoms with Crippen LogP contribution in [0.1, 0.15) is 15.9 Å². The first kappa shape index (κ1) is 11.5. The van der Waals surface area contributed by atoms with Gasteiger partial charge in [-0.25, -0.2) is 4.39 Å². The van der Waals surface area contributed by atoms with Crippen molar-refractivity contribution in [3.63, 3.8) is 0 Å². The fourth-order valence-electron chi connectivity index (χ4n) is 1.04. The summed E-state index contributed by atoms with van der Waals surface area (Å²) in [5.74, 6) is -1.69. The van der Waals surface area contributed by atoms with Crippen LogP contribution in [0.3, 0.4) is 0 Å². The Morgan fingerprint density at radius 2 is 1.93 bits per heavy atom. The van der Waals surface area contributed by atoms with E-state index in [4.69, 9.17) is 0 Å². The molecule has 15 heavy (non-hydrogen) atoms. The fraction of sp³-hybridized carbons (Fsp3) is 0.222. The van der Waals surface area contributed by atoms with Crippen LogP contribution in [-0.4, -0.2) is 13.4 Å². The van der Waals surface area contributed by atoms with Gasteiger partial charge in [0.15, 0.2) is 6.29 Å². The highest BCUT2D eigenvalue weighted by Gasteiger charge is 2.32. The van der Waals surface area contributed by atoms with Crippen molar-refractivity contribution in [3.05, 3.63) is 29.1 Å². The molecule has 0 aromatic heterocycles. The first-order chi connectivity index (χ1) is 6.90. The molecule has 0 unspecified atom stereocenters. The Morgan fingerprint density at radius 3 is 2.33 bits per heavy atom. The van der Waals surface area contributed by atoms with Gasteiger partial charge < -0.3 is 4.74 Å². The van der Waals surface area contributed by atoms with Gasteiger partial charge in [0.2, 0.25) is 0 Å². The van der Waals surface area contributed by atoms with Crippen LogP contribution in [0.4, 0.5) is 17.6 Å². The molecule has 0 amide bonds. The van der Waals surface area contributed by atoms with Gasteiger partial charge in [-0.3, -0.25) is 4.79 Å². The maximum atomic E-state index is 13.0. The Hall–Kier alpha value is -1.59. The van der Waals surface area contributed by atoms with Crippen LogP contribution in [0.2, 0.25) is 0 Å². The largest absolute Gasteiger partial charge is 0.496 e. The molecular weight excluding hydrogens is 216 g/mol. The number of aldehydes is 1. The molecule has 0 atom stereocenters. The van der Waals surface area contributed by atoms with Crippen molar-refractivity contribution in [2.24, 2.45) is 0 Å². The number of alkyl halides is 3. The number of carbonyl (C=O) groups is 1. The third kappa shape index (κ3) is 2.26. The quantitative estimate of drug-likeness (QED) is 0.568. The average molecular weight is 222 g/mol. The summed E-state index contributed by atoms with van der Waals surface area (Å²) in [5, 5.41) is 0. The van der Waals surface area contributed by atoms with Gasteiger partial charge in [-0.15, -0.1) is 0 Å². The number of carbonyl (C=O) groups excluding carboxylic acids is 1. The Bertz CT molecular complexity index is 384. The second kappa shape index (κ2) is 3.88. The predicted molar refractivity (Wildman–Crippen MR) is 43.3 cm³/mol. The molecule has 0 aliphatic rings. The highest BCUT2D eigenvalue weighted by Crippen LogP contribution is 2.33. The summed E-state index contributed by atoms with van der Waals surface area (Å²) >= 11 is 0. The van der Waals surface area contributed by atoms with E-state index in [9.17, 15) is 22.4 Å². The fourth-order valence-corrected chi connectivity index (χ4v) is 1.04. The van der Waals surface area contributed by atoms with E-state index < -0.39 is 28.9 Å². The smallest absolute Gasteiger partial charge is 0.416 e. The highest BCUT2D eigenvalue weighted by atomic mass is 19.4. The van der Waals surface area contributed by atoms with E-state index in [-0.39, 0.29) is 12.4 Å². The molecule has 0 aliphatic carbocycles. The molecule has 1 aromatic rings. The lowest BCUT2D eigenvalue weighted by Crippen LogP contribution is -2.07. The molecule has 0 saturated carbocycles. The van der Waals surface area contributed by atoms with Crippen molar-refractivity contribution < 1.29 is 27.1 Å². The Balaban J connectivity index is 3.38. The summed E-state index contributed by atoms with van der Waals surface area (Å²) in [7, 11) is 1.06. The van der Waals surface area contributed by atoms with Crippen LogP contribution in [-0.2, 0) is 6.18 Å². The van der Waals surface area contributed by atoms with Gasteiger partial charge >= 0.3 is 6.18 Å². The first-order valence-corrected chi connectivity index (χ1v) is 3.80. The third-order valence-electron chi connectivity index (χ3n) is 1.76. The van der Waals surface area contributed by atoms with E-state index >= 15 is 0 Å². The minimum Gasteiger partial charge on any atom is -0.496 e. The van der Waals surface area contributed by atoms with E-state index in [0.717, 1.165) is 7.11 Å². The minimum atomic E-state index is -4.67. The van der Waals surface area contributed by atoms with Crippen LogP contribution < -0.4 is 4.74 Å². The van der Waals surface area contributed by atoms with Crippen LogP contribution in [0.5, 0.6) is 5.75 Å². The van der Waals surface area contributed by atoms with Crippen LogP contribution in [0.15, 0.2) is 12.1 Å². The number of rotatable bonds is 2. The van der Waals surface area contributed by atoms with Crippen molar-refractivity contribution >= 4 is 6.29 Å². The number of ether oxygens (including phenoxy) is 1. The summed E-state index contributed by atoms with van der Waals surface area (Å²) in [4.78, 5) is 10.4. The predicted octanol–water partition coefficient (Wildman–Crippen LogP) is 2.67. The Morgan fingerprint density at radius 1 is 1.33 bits per heavy atom. The van der Waals surface area contributed by atoms with Gasteiger partial charge in [-0.2, -0.15) is 13.2 Å². The van der Waals surface area contributed by atoms with Gasteiger partial charge in [-0.1, -0.05) is 0 Å². The normalized spacial score (nSPS) is 11.3. The lowest BCUT2D eigenvalue weighted by atomic mass is 10.1. The zero-order valence-electron chi connectivity index (χ0n) is 7.56. The number of hydrogen-bond acceptors (Lipinski definition) is 2. The molecule has 2 nitrogen and oxygen atoms in total. The van der Waals surface area contributed by atoms with Crippen LogP contribution >= 0.6 is 0 Å². The van der Waals surface area contributed by atoms with Crippen molar-refractivity contribution in [2.45, 2.75) is 6.18 Å². The standard InChI is InChI=1S/C9H6F4O2/c1-15-8-3-5(9(11,12)13)2-7(10)6(8)4-14/h2-4H,1H3. The van der Waals surface area contributed by atoms with E-state index in [1.807, 2.05) is 0 Å². The topological polar surface area (TPSA) is 26.3 Å². The summed E-state index contributed by atoms with van der Waals surface area (Å²) in [5.41, 5.74) is -1.71. The number of hydrogen-bond donors (Lipinski definition) is 0. The molecule has 82 valence electrons. The molecule has 0 fully saturated rings.